The number of hydrogen-bond acceptors (Lipinski definition) is 10. The van der Waals surface area contributed by atoms with Gasteiger partial charge in [0.05, 0.1) is 12.4 Å². The number of nitrogen functional groups attached to an aromatic ring is 1. The minimum absolute atomic E-state index is 0.191. The van der Waals surface area contributed by atoms with Crippen LogP contribution in [0.5, 0.6) is 0 Å². The highest BCUT2D eigenvalue weighted by Gasteiger charge is 2.44. The zero-order valence-electron chi connectivity index (χ0n) is 16.2. The summed E-state index contributed by atoms with van der Waals surface area (Å²) in [6, 6.07) is 0. The van der Waals surface area contributed by atoms with E-state index >= 15 is 0 Å². The number of aliphatic hydroxyl groups is 2. The largest absolute Gasteiger partial charge is 0.387 e. The van der Waals surface area contributed by atoms with Gasteiger partial charge in [-0.3, -0.25) is 4.57 Å². The first-order valence-electron chi connectivity index (χ1n) is 9.29. The van der Waals surface area contributed by atoms with Gasteiger partial charge in [0.1, 0.15) is 17.7 Å². The van der Waals surface area contributed by atoms with E-state index in [0.29, 0.717) is 22.8 Å². The quantitative estimate of drug-likeness (QED) is 0.374. The number of aliphatic hydroxyl groups excluding tert-OH is 2. The lowest BCUT2D eigenvalue weighted by atomic mass is 10.1. The number of anilines is 2. The fraction of sp³-hybridized carbons (Fsp3) is 0.647. The number of nitrogens with two attached hydrogens (primary N) is 1. The minimum atomic E-state index is -1.10. The number of ether oxygens (including phenoxy) is 1. The Labute approximate surface area is 167 Å². The third-order valence-corrected chi connectivity index (χ3v) is 5.35. The van der Waals surface area contributed by atoms with Gasteiger partial charge in [-0.05, 0) is 18.1 Å². The Morgan fingerprint density at radius 3 is 2.89 bits per heavy atom. The zero-order valence-corrected chi connectivity index (χ0v) is 17.0. The molecule has 0 bridgehead atoms. The molecule has 0 saturated carbocycles. The molecule has 0 unspecified atom stereocenters. The Bertz CT molecular complexity index is 828. The Morgan fingerprint density at radius 1 is 1.39 bits per heavy atom. The molecule has 3 rings (SSSR count). The van der Waals surface area contributed by atoms with E-state index in [4.69, 9.17) is 10.5 Å². The van der Waals surface area contributed by atoms with Gasteiger partial charge in [-0.2, -0.15) is 26.8 Å². The van der Waals surface area contributed by atoms with Gasteiger partial charge < -0.3 is 20.7 Å². The number of fused-ring (bicyclic) bond motifs is 1. The summed E-state index contributed by atoms with van der Waals surface area (Å²) in [5, 5.41) is 24.9. The van der Waals surface area contributed by atoms with Crippen molar-refractivity contribution < 1.29 is 14.9 Å². The second-order valence-corrected chi connectivity index (χ2v) is 8.33. The molecule has 0 aliphatic carbocycles. The van der Waals surface area contributed by atoms with Crippen LogP contribution in [0.15, 0.2) is 11.4 Å². The van der Waals surface area contributed by atoms with Crippen molar-refractivity contribution in [3.05, 3.63) is 6.33 Å². The molecule has 0 amide bonds. The molecule has 3 heterocycles. The Hall–Kier alpha value is -1.95. The lowest BCUT2D eigenvalue weighted by molar-refractivity contribution is -0.0288. The average Bonchev–Trinajstić information content (AvgIpc) is 3.19. The molecule has 1 fully saturated rings. The van der Waals surface area contributed by atoms with Crippen LogP contribution in [0.2, 0.25) is 0 Å². The molecule has 28 heavy (non-hydrogen) atoms. The summed E-state index contributed by atoms with van der Waals surface area (Å²) in [5.74, 6) is 2.39. The van der Waals surface area contributed by atoms with E-state index in [1.807, 2.05) is 6.92 Å². The van der Waals surface area contributed by atoms with Gasteiger partial charge in [0.15, 0.2) is 17.7 Å². The second kappa shape index (κ2) is 9.03. The molecule has 1 saturated heterocycles. The highest BCUT2D eigenvalue weighted by atomic mass is 32.2. The van der Waals surface area contributed by atoms with Gasteiger partial charge >= 0.3 is 0 Å². The van der Waals surface area contributed by atoms with Gasteiger partial charge in [0.2, 0.25) is 5.95 Å². The van der Waals surface area contributed by atoms with E-state index in [0.717, 1.165) is 12.2 Å². The summed E-state index contributed by atoms with van der Waals surface area (Å²) in [7, 11) is 0. The molecule has 1 aliphatic rings. The molecule has 1 aliphatic heterocycles. The van der Waals surface area contributed by atoms with E-state index in [1.54, 1.807) is 22.5 Å². The number of imidazole rings is 1. The first-order chi connectivity index (χ1) is 13.4. The molecule has 0 spiro atoms. The number of hydrazone groups is 1. The van der Waals surface area contributed by atoms with Crippen molar-refractivity contribution >= 4 is 40.9 Å². The molecule has 11 heteroatoms. The van der Waals surface area contributed by atoms with Crippen LogP contribution in [-0.4, -0.2) is 65.8 Å². The van der Waals surface area contributed by atoms with Crippen LogP contribution in [0.1, 0.15) is 33.4 Å². The number of thioether (sulfide) groups is 1. The van der Waals surface area contributed by atoms with Crippen LogP contribution in [0.3, 0.4) is 0 Å². The highest BCUT2D eigenvalue weighted by Crippen LogP contribution is 2.33. The van der Waals surface area contributed by atoms with Crippen molar-refractivity contribution in [2.45, 2.75) is 51.7 Å². The summed E-state index contributed by atoms with van der Waals surface area (Å²) < 4.78 is 7.47. The number of hydrogen-bond donors (Lipinski definition) is 4. The summed E-state index contributed by atoms with van der Waals surface area (Å²) in [6.45, 7) is 6.22. The first-order valence-corrected chi connectivity index (χ1v) is 10.4. The van der Waals surface area contributed by atoms with E-state index in [9.17, 15) is 10.2 Å². The van der Waals surface area contributed by atoms with Crippen LogP contribution < -0.4 is 11.2 Å². The van der Waals surface area contributed by atoms with Crippen LogP contribution in [0, 0.1) is 5.92 Å². The summed E-state index contributed by atoms with van der Waals surface area (Å²) >= 11 is 1.64. The van der Waals surface area contributed by atoms with E-state index in [1.165, 1.54) is 6.33 Å². The maximum Gasteiger partial charge on any atom is 0.247 e. The second-order valence-electron chi connectivity index (χ2n) is 7.02. The third-order valence-electron chi connectivity index (χ3n) is 4.38. The van der Waals surface area contributed by atoms with Crippen LogP contribution in [0.25, 0.3) is 11.2 Å². The summed E-state index contributed by atoms with van der Waals surface area (Å²) in [6.07, 6.45) is 0.684. The van der Waals surface area contributed by atoms with E-state index in [-0.39, 0.29) is 11.8 Å². The molecular weight excluding hydrogens is 382 g/mol. The van der Waals surface area contributed by atoms with Crippen molar-refractivity contribution in [2.75, 3.05) is 22.7 Å². The van der Waals surface area contributed by atoms with Gasteiger partial charge in [-0.25, -0.2) is 10.4 Å². The average molecular weight is 410 g/mol. The molecule has 4 atom stereocenters. The van der Waals surface area contributed by atoms with E-state index in [2.05, 4.69) is 39.3 Å². The van der Waals surface area contributed by atoms with Crippen LogP contribution in [0.4, 0.5) is 11.8 Å². The monoisotopic (exact) mass is 409 g/mol. The fourth-order valence-electron chi connectivity index (χ4n) is 2.87. The van der Waals surface area contributed by atoms with Gasteiger partial charge in [-0.1, -0.05) is 20.8 Å². The maximum atomic E-state index is 10.5. The lowest BCUT2D eigenvalue weighted by Crippen LogP contribution is -2.32. The number of nitrogens with zero attached hydrogens (tertiary/aromatic N) is 5. The molecule has 5 N–H and O–H groups in total. The van der Waals surface area contributed by atoms with Crippen molar-refractivity contribution in [2.24, 2.45) is 11.0 Å². The van der Waals surface area contributed by atoms with Crippen molar-refractivity contribution in [1.82, 2.24) is 19.5 Å². The molecule has 0 radical (unpaired) electrons. The third kappa shape index (κ3) is 4.37. The maximum absolute atomic E-state index is 10.5. The molecule has 154 valence electrons. The SMILES string of the molecule is CCSC[C@H]1O[C@@H](n2cnc3c(N)nc(N/N=C/CC(C)C)nc32)[C@H](O)[C@@H]1O. The van der Waals surface area contributed by atoms with Crippen LogP contribution >= 0.6 is 11.8 Å². The van der Waals surface area contributed by atoms with E-state index < -0.39 is 24.5 Å². The molecule has 2 aromatic rings. The predicted octanol–water partition coefficient (Wildman–Crippen LogP) is 1.22. The normalized spacial score (nSPS) is 25.4. The van der Waals surface area contributed by atoms with Crippen molar-refractivity contribution in [3.63, 3.8) is 0 Å². The fourth-order valence-corrected chi connectivity index (χ4v) is 3.62. The van der Waals surface area contributed by atoms with Crippen molar-refractivity contribution in [3.8, 4) is 0 Å². The Balaban J connectivity index is 1.85. The standard InChI is InChI=1S/C17H27N7O3S/c1-4-28-7-10-12(25)13(26)16(27-10)24-8-19-11-14(18)21-17(22-15(11)24)23-20-6-5-9(2)3/h6,8-10,12-13,16,25-26H,4-5,7H2,1-3H3,(H3,18,21,22,23)/b20-6+/t10-,12-,13-,16-/m1/s1. The summed E-state index contributed by atoms with van der Waals surface area (Å²) in [5.41, 5.74) is 9.56. The Morgan fingerprint density at radius 2 is 2.18 bits per heavy atom. The number of rotatable bonds is 8. The zero-order chi connectivity index (χ0) is 20.3. The van der Waals surface area contributed by atoms with Gasteiger partial charge in [0.25, 0.3) is 0 Å². The minimum Gasteiger partial charge on any atom is -0.387 e. The summed E-state index contributed by atoms with van der Waals surface area (Å²) in [4.78, 5) is 12.8. The Kier molecular flexibility index (Phi) is 6.70. The number of nitrogens with one attached hydrogen (secondary N) is 1. The smallest absolute Gasteiger partial charge is 0.247 e. The topological polar surface area (TPSA) is 144 Å². The van der Waals surface area contributed by atoms with Gasteiger partial charge in [0, 0.05) is 12.0 Å². The first kappa shape index (κ1) is 20.8. The molecule has 10 nitrogen and oxygen atoms in total. The van der Waals surface area contributed by atoms with Crippen LogP contribution in [-0.2, 0) is 4.74 Å². The lowest BCUT2D eigenvalue weighted by Gasteiger charge is -2.16. The highest BCUT2D eigenvalue weighted by molar-refractivity contribution is 7.99. The van der Waals surface area contributed by atoms with Gasteiger partial charge in [-0.15, -0.1) is 0 Å². The number of aromatic nitrogens is 4. The molecule has 2 aromatic heterocycles. The molecular formula is C17H27N7O3S. The predicted molar refractivity (Wildman–Crippen MR) is 110 cm³/mol. The molecule has 0 aromatic carbocycles. The van der Waals surface area contributed by atoms with Crippen molar-refractivity contribution in [1.29, 1.82) is 0 Å².